The maximum atomic E-state index is 13.7. The van der Waals surface area contributed by atoms with Crippen LogP contribution in [0.4, 0.5) is 4.39 Å². The maximum Gasteiger partial charge on any atom is 0.240 e. The zero-order valence-electron chi connectivity index (χ0n) is 11.9. The van der Waals surface area contributed by atoms with Crippen LogP contribution < -0.4 is 10.5 Å². The summed E-state index contributed by atoms with van der Waals surface area (Å²) < 4.78 is 41.1. The molecule has 0 spiro atoms. The Labute approximate surface area is 129 Å². The summed E-state index contributed by atoms with van der Waals surface area (Å²) >= 11 is 5.75. The van der Waals surface area contributed by atoms with Crippen molar-refractivity contribution in [1.82, 2.24) is 4.72 Å². The second-order valence-electron chi connectivity index (χ2n) is 5.66. The zero-order chi connectivity index (χ0) is 15.6. The third kappa shape index (κ3) is 3.94. The first-order valence-electron chi connectivity index (χ1n) is 7.04. The molecule has 21 heavy (non-hydrogen) atoms. The van der Waals surface area contributed by atoms with E-state index in [4.69, 9.17) is 17.3 Å². The lowest BCUT2D eigenvalue weighted by atomic mass is 9.88. The Morgan fingerprint density at radius 1 is 1.33 bits per heavy atom. The Hall–Kier alpha value is -0.690. The lowest BCUT2D eigenvalue weighted by molar-refractivity contribution is 0.332. The van der Waals surface area contributed by atoms with Gasteiger partial charge in [0.25, 0.3) is 0 Å². The first kappa shape index (κ1) is 16.7. The van der Waals surface area contributed by atoms with Gasteiger partial charge in [-0.25, -0.2) is 17.5 Å². The number of nitrogens with two attached hydrogens (primary N) is 1. The van der Waals surface area contributed by atoms with E-state index in [0.29, 0.717) is 5.92 Å². The van der Waals surface area contributed by atoms with Crippen molar-refractivity contribution in [2.75, 3.05) is 0 Å². The molecule has 1 aliphatic rings. The van der Waals surface area contributed by atoms with E-state index >= 15 is 0 Å². The minimum absolute atomic E-state index is 0.0138. The average molecular weight is 335 g/mol. The molecule has 0 unspecified atom stereocenters. The Morgan fingerprint density at radius 3 is 2.52 bits per heavy atom. The number of hydrogen-bond donors (Lipinski definition) is 2. The molecule has 1 aromatic rings. The van der Waals surface area contributed by atoms with Gasteiger partial charge in [0.15, 0.2) is 0 Å². The molecule has 1 aliphatic carbocycles. The van der Waals surface area contributed by atoms with Crippen LogP contribution >= 0.6 is 11.6 Å². The van der Waals surface area contributed by atoms with Gasteiger partial charge in [-0.2, -0.15) is 0 Å². The van der Waals surface area contributed by atoms with Crippen LogP contribution in [0.15, 0.2) is 17.0 Å². The van der Waals surface area contributed by atoms with Crippen molar-refractivity contribution in [3.05, 3.63) is 28.5 Å². The second-order valence-corrected chi connectivity index (χ2v) is 7.75. The first-order chi connectivity index (χ1) is 9.83. The van der Waals surface area contributed by atoms with Crippen LogP contribution in [0, 0.1) is 11.7 Å². The predicted octanol–water partition coefficient (Wildman–Crippen LogP) is 2.79. The van der Waals surface area contributed by atoms with Gasteiger partial charge in [0.1, 0.15) is 5.82 Å². The molecule has 1 saturated carbocycles. The Balaban J connectivity index is 2.21. The molecule has 0 aliphatic heterocycles. The van der Waals surface area contributed by atoms with E-state index in [-0.39, 0.29) is 28.1 Å². The highest BCUT2D eigenvalue weighted by atomic mass is 35.5. The van der Waals surface area contributed by atoms with Gasteiger partial charge < -0.3 is 5.73 Å². The molecule has 0 bridgehead atoms. The molecule has 0 aromatic heterocycles. The van der Waals surface area contributed by atoms with Gasteiger partial charge >= 0.3 is 0 Å². The van der Waals surface area contributed by atoms with Gasteiger partial charge in [0.2, 0.25) is 10.0 Å². The van der Waals surface area contributed by atoms with Gasteiger partial charge in [-0.1, -0.05) is 18.5 Å². The molecule has 0 saturated heterocycles. The van der Waals surface area contributed by atoms with E-state index in [1.165, 1.54) is 6.07 Å². The van der Waals surface area contributed by atoms with Crippen molar-refractivity contribution < 1.29 is 12.8 Å². The maximum absolute atomic E-state index is 13.7. The fourth-order valence-electron chi connectivity index (χ4n) is 2.59. The van der Waals surface area contributed by atoms with Crippen LogP contribution in [0.3, 0.4) is 0 Å². The van der Waals surface area contributed by atoms with E-state index in [2.05, 4.69) is 11.6 Å². The lowest BCUT2D eigenvalue weighted by Crippen LogP contribution is -2.37. The molecule has 0 radical (unpaired) electrons. The third-order valence-corrected chi connectivity index (χ3v) is 5.87. The number of halogens is 2. The highest BCUT2D eigenvalue weighted by Gasteiger charge is 2.25. The second kappa shape index (κ2) is 6.60. The van der Waals surface area contributed by atoms with Crippen molar-refractivity contribution in [3.8, 4) is 0 Å². The smallest absolute Gasteiger partial charge is 0.240 e. The van der Waals surface area contributed by atoms with E-state index < -0.39 is 15.8 Å². The zero-order valence-corrected chi connectivity index (χ0v) is 13.5. The highest BCUT2D eigenvalue weighted by molar-refractivity contribution is 7.89. The molecule has 0 heterocycles. The van der Waals surface area contributed by atoms with E-state index in [9.17, 15) is 12.8 Å². The fourth-order valence-corrected chi connectivity index (χ4v) is 4.14. The summed E-state index contributed by atoms with van der Waals surface area (Å²) in [5, 5.41) is -0.122. The number of benzene rings is 1. The number of nitrogens with one attached hydrogen (secondary N) is 1. The number of hydrogen-bond acceptors (Lipinski definition) is 3. The minimum Gasteiger partial charge on any atom is -0.326 e. The number of sulfonamides is 1. The first-order valence-corrected chi connectivity index (χ1v) is 8.90. The largest absolute Gasteiger partial charge is 0.326 e. The summed E-state index contributed by atoms with van der Waals surface area (Å²) in [6.07, 6.45) is 3.60. The van der Waals surface area contributed by atoms with Crippen molar-refractivity contribution in [1.29, 1.82) is 0 Å². The van der Waals surface area contributed by atoms with E-state index in [0.717, 1.165) is 31.7 Å². The van der Waals surface area contributed by atoms with Gasteiger partial charge in [-0.15, -0.1) is 0 Å². The molecule has 1 aromatic carbocycles. The topological polar surface area (TPSA) is 72.2 Å². The summed E-state index contributed by atoms with van der Waals surface area (Å²) in [6, 6.07) is 2.18. The van der Waals surface area contributed by atoms with Crippen molar-refractivity contribution in [3.63, 3.8) is 0 Å². The Bertz CT molecular complexity index is 614. The van der Waals surface area contributed by atoms with Gasteiger partial charge in [-0.3, -0.25) is 0 Å². The lowest BCUT2D eigenvalue weighted by Gasteiger charge is -2.26. The average Bonchev–Trinajstić information content (AvgIpc) is 2.44. The van der Waals surface area contributed by atoms with Gasteiger partial charge in [0, 0.05) is 12.6 Å². The van der Waals surface area contributed by atoms with E-state index in [1.807, 2.05) is 0 Å². The molecule has 7 heteroatoms. The molecule has 118 valence electrons. The van der Waals surface area contributed by atoms with Crippen LogP contribution in [-0.2, 0) is 16.6 Å². The summed E-state index contributed by atoms with van der Waals surface area (Å²) in [5.41, 5.74) is 5.75. The molecule has 1 fully saturated rings. The normalized spacial score (nSPS) is 23.2. The third-order valence-electron chi connectivity index (χ3n) is 3.94. The van der Waals surface area contributed by atoms with Crippen LogP contribution in [0.25, 0.3) is 0 Å². The van der Waals surface area contributed by atoms with Crippen LogP contribution in [0.2, 0.25) is 5.02 Å². The van der Waals surface area contributed by atoms with Crippen molar-refractivity contribution >= 4 is 21.6 Å². The van der Waals surface area contributed by atoms with Crippen LogP contribution in [0.1, 0.15) is 38.2 Å². The highest BCUT2D eigenvalue weighted by Crippen LogP contribution is 2.27. The molecule has 4 nitrogen and oxygen atoms in total. The molecule has 0 amide bonds. The van der Waals surface area contributed by atoms with E-state index in [1.54, 1.807) is 0 Å². The van der Waals surface area contributed by atoms with Crippen molar-refractivity contribution in [2.45, 2.75) is 50.1 Å². The predicted molar refractivity (Wildman–Crippen MR) is 81.0 cm³/mol. The van der Waals surface area contributed by atoms with Gasteiger partial charge in [0.05, 0.1) is 9.92 Å². The van der Waals surface area contributed by atoms with Crippen LogP contribution in [0.5, 0.6) is 0 Å². The van der Waals surface area contributed by atoms with Gasteiger partial charge in [-0.05, 0) is 49.3 Å². The minimum atomic E-state index is -3.75. The summed E-state index contributed by atoms with van der Waals surface area (Å²) in [6.45, 7) is 2.15. The summed E-state index contributed by atoms with van der Waals surface area (Å²) in [4.78, 5) is -0.122. The molecule has 3 N–H and O–H groups in total. The fraction of sp³-hybridized carbons (Fsp3) is 0.571. The molecule has 2 rings (SSSR count). The van der Waals surface area contributed by atoms with Crippen LogP contribution in [-0.4, -0.2) is 14.5 Å². The summed E-state index contributed by atoms with van der Waals surface area (Å²) in [5.74, 6) is -0.139. The molecule has 0 atom stereocenters. The quantitative estimate of drug-likeness (QED) is 0.889. The summed E-state index contributed by atoms with van der Waals surface area (Å²) in [7, 11) is -3.75. The Kier molecular flexibility index (Phi) is 5.24. The number of rotatable bonds is 4. The monoisotopic (exact) mass is 334 g/mol. The molecular formula is C14H20ClFN2O2S. The molecular weight excluding hydrogens is 315 g/mol. The Morgan fingerprint density at radius 2 is 1.95 bits per heavy atom. The standard InChI is InChI=1S/C14H20ClFN2O2S/c1-9-2-4-11(5-3-9)18-21(19,20)12-6-10(8-17)14(15)13(16)7-12/h6-7,9,11,18H,2-5,8,17H2,1H3. The van der Waals surface area contributed by atoms with Crippen molar-refractivity contribution in [2.24, 2.45) is 11.7 Å². The SMILES string of the molecule is CC1CCC(NS(=O)(=O)c2cc(F)c(Cl)c(CN)c2)CC1.